The molecule has 21 heavy (non-hydrogen) atoms. The Labute approximate surface area is 118 Å². The molecule has 0 unspecified atom stereocenters. The van der Waals surface area contributed by atoms with E-state index in [0.717, 1.165) is 0 Å². The van der Waals surface area contributed by atoms with Gasteiger partial charge in [0.1, 0.15) is 22.3 Å². The third kappa shape index (κ3) is 1.84. The molecule has 6 heteroatoms. The largest absolute Gasteiger partial charge is 0.508 e. The lowest BCUT2D eigenvalue weighted by molar-refractivity contribution is 0.334. The second-order valence-electron chi connectivity index (χ2n) is 4.45. The summed E-state index contributed by atoms with van der Waals surface area (Å²) in [5.74, 6) is -0.111. The molecule has 1 heterocycles. The first kappa shape index (κ1) is 13.1. The molecule has 6 nitrogen and oxygen atoms in total. The van der Waals surface area contributed by atoms with E-state index in [1.165, 1.54) is 38.5 Å². The van der Waals surface area contributed by atoms with Gasteiger partial charge in [-0.2, -0.15) is 0 Å². The topological polar surface area (TPSA) is 89.1 Å². The number of aromatic hydroxyl groups is 2. The summed E-state index contributed by atoms with van der Waals surface area (Å²) >= 11 is 0. The van der Waals surface area contributed by atoms with E-state index >= 15 is 0 Å². The van der Waals surface area contributed by atoms with Crippen molar-refractivity contribution in [3.05, 3.63) is 34.5 Å². The second-order valence-corrected chi connectivity index (χ2v) is 4.45. The summed E-state index contributed by atoms with van der Waals surface area (Å²) in [6.07, 6.45) is 0. The summed E-state index contributed by atoms with van der Waals surface area (Å²) in [7, 11) is 2.78. The molecule has 0 bridgehead atoms. The number of fused-ring (bicyclic) bond motifs is 2. The molecule has 0 radical (unpaired) electrons. The van der Waals surface area contributed by atoms with Crippen molar-refractivity contribution in [2.75, 3.05) is 14.2 Å². The van der Waals surface area contributed by atoms with Crippen LogP contribution >= 0.6 is 0 Å². The highest BCUT2D eigenvalue weighted by Crippen LogP contribution is 2.42. The van der Waals surface area contributed by atoms with Crippen molar-refractivity contribution in [3.63, 3.8) is 0 Å². The molecule has 3 rings (SSSR count). The molecule has 0 spiro atoms. The molecule has 0 saturated carbocycles. The minimum absolute atomic E-state index is 0.0225. The SMILES string of the molecule is COc1cc2oc3ccc(O)cc3c(=O)c2c(O)c1OC. The first-order valence-electron chi connectivity index (χ1n) is 6.10. The van der Waals surface area contributed by atoms with Crippen LogP contribution in [0.5, 0.6) is 23.0 Å². The van der Waals surface area contributed by atoms with Crippen LogP contribution in [0.15, 0.2) is 33.5 Å². The highest BCUT2D eigenvalue weighted by atomic mass is 16.5. The van der Waals surface area contributed by atoms with Gasteiger partial charge in [-0.25, -0.2) is 0 Å². The van der Waals surface area contributed by atoms with Gasteiger partial charge in [-0.15, -0.1) is 0 Å². The summed E-state index contributed by atoms with van der Waals surface area (Å²) < 4.78 is 15.8. The van der Waals surface area contributed by atoms with Crippen molar-refractivity contribution in [2.24, 2.45) is 0 Å². The average molecular weight is 288 g/mol. The van der Waals surface area contributed by atoms with Crippen molar-refractivity contribution in [1.29, 1.82) is 0 Å². The summed E-state index contributed by atoms with van der Waals surface area (Å²) in [6.45, 7) is 0. The molecule has 0 atom stereocenters. The molecule has 0 aliphatic heterocycles. The Morgan fingerprint density at radius 1 is 1.05 bits per heavy atom. The van der Waals surface area contributed by atoms with Gasteiger partial charge < -0.3 is 24.1 Å². The van der Waals surface area contributed by atoms with E-state index in [2.05, 4.69) is 0 Å². The highest BCUT2D eigenvalue weighted by molar-refractivity contribution is 5.96. The van der Waals surface area contributed by atoms with E-state index in [4.69, 9.17) is 13.9 Å². The van der Waals surface area contributed by atoms with Crippen LogP contribution in [-0.2, 0) is 0 Å². The molecule has 108 valence electrons. The number of hydrogen-bond donors (Lipinski definition) is 2. The fraction of sp³-hybridized carbons (Fsp3) is 0.133. The Morgan fingerprint density at radius 2 is 1.81 bits per heavy atom. The minimum Gasteiger partial charge on any atom is -0.508 e. The van der Waals surface area contributed by atoms with Crippen LogP contribution in [0.3, 0.4) is 0 Å². The van der Waals surface area contributed by atoms with Gasteiger partial charge in [-0.3, -0.25) is 4.79 Å². The smallest absolute Gasteiger partial charge is 0.204 e. The van der Waals surface area contributed by atoms with Crippen LogP contribution in [0.1, 0.15) is 0 Å². The van der Waals surface area contributed by atoms with Crippen LogP contribution < -0.4 is 14.9 Å². The van der Waals surface area contributed by atoms with E-state index in [1.807, 2.05) is 0 Å². The maximum Gasteiger partial charge on any atom is 0.204 e. The van der Waals surface area contributed by atoms with E-state index in [-0.39, 0.29) is 39.4 Å². The number of benzene rings is 2. The molecule has 2 aromatic carbocycles. The van der Waals surface area contributed by atoms with Gasteiger partial charge in [0.05, 0.1) is 19.6 Å². The lowest BCUT2D eigenvalue weighted by atomic mass is 10.1. The van der Waals surface area contributed by atoms with Crippen LogP contribution in [0.4, 0.5) is 0 Å². The predicted molar refractivity (Wildman–Crippen MR) is 76.4 cm³/mol. The number of ether oxygens (including phenoxy) is 2. The van der Waals surface area contributed by atoms with Gasteiger partial charge in [-0.05, 0) is 18.2 Å². The Morgan fingerprint density at radius 3 is 2.48 bits per heavy atom. The minimum atomic E-state index is -0.458. The van der Waals surface area contributed by atoms with Crippen LogP contribution in [-0.4, -0.2) is 24.4 Å². The van der Waals surface area contributed by atoms with Crippen LogP contribution in [0.2, 0.25) is 0 Å². The average Bonchev–Trinajstić information content (AvgIpc) is 2.47. The number of phenolic OH excluding ortho intramolecular Hbond substituents is 2. The lowest BCUT2D eigenvalue weighted by Crippen LogP contribution is -2.04. The number of hydrogen-bond acceptors (Lipinski definition) is 6. The van der Waals surface area contributed by atoms with Crippen molar-refractivity contribution >= 4 is 21.9 Å². The van der Waals surface area contributed by atoms with Gasteiger partial charge in [0, 0.05) is 6.07 Å². The quantitative estimate of drug-likeness (QED) is 0.704. The fourth-order valence-corrected chi connectivity index (χ4v) is 2.29. The second kappa shape index (κ2) is 4.59. The van der Waals surface area contributed by atoms with Crippen LogP contribution in [0, 0.1) is 0 Å². The lowest BCUT2D eigenvalue weighted by Gasteiger charge is -2.11. The summed E-state index contributed by atoms with van der Waals surface area (Å²) in [5, 5.41) is 19.9. The Balaban J connectivity index is 2.55. The monoisotopic (exact) mass is 288 g/mol. The number of phenols is 2. The molecule has 0 aliphatic carbocycles. The fourth-order valence-electron chi connectivity index (χ4n) is 2.29. The molecule has 2 N–H and O–H groups in total. The van der Waals surface area contributed by atoms with E-state index in [9.17, 15) is 15.0 Å². The van der Waals surface area contributed by atoms with Crippen molar-refractivity contribution < 1.29 is 24.1 Å². The molecule has 0 amide bonds. The van der Waals surface area contributed by atoms with Gasteiger partial charge in [0.15, 0.2) is 11.5 Å². The first-order chi connectivity index (χ1) is 10.1. The summed E-state index contributed by atoms with van der Waals surface area (Å²) in [6, 6.07) is 5.66. The Bertz CT molecular complexity index is 910. The maximum absolute atomic E-state index is 12.5. The normalized spacial score (nSPS) is 11.0. The van der Waals surface area contributed by atoms with E-state index < -0.39 is 5.43 Å². The molecule has 0 aliphatic rings. The summed E-state index contributed by atoms with van der Waals surface area (Å²) in [4.78, 5) is 12.5. The standard InChI is InChI=1S/C15H12O6/c1-19-11-6-10-12(14(18)15(11)20-2)13(17)8-5-7(16)3-4-9(8)21-10/h3-6,16,18H,1-2H3. The third-order valence-electron chi connectivity index (χ3n) is 3.26. The van der Waals surface area contributed by atoms with E-state index in [0.29, 0.717) is 5.58 Å². The van der Waals surface area contributed by atoms with Crippen LogP contribution in [0.25, 0.3) is 21.9 Å². The zero-order valence-corrected chi connectivity index (χ0v) is 11.3. The Kier molecular flexibility index (Phi) is 2.86. The zero-order chi connectivity index (χ0) is 15.1. The zero-order valence-electron chi connectivity index (χ0n) is 11.3. The molecule has 3 aromatic rings. The first-order valence-corrected chi connectivity index (χ1v) is 6.10. The summed E-state index contributed by atoms with van der Waals surface area (Å²) in [5.41, 5.74) is 0.0193. The number of methoxy groups -OCH3 is 2. The third-order valence-corrected chi connectivity index (χ3v) is 3.26. The molecular weight excluding hydrogens is 276 g/mol. The number of rotatable bonds is 2. The van der Waals surface area contributed by atoms with Gasteiger partial charge in [-0.1, -0.05) is 0 Å². The maximum atomic E-state index is 12.5. The van der Waals surface area contributed by atoms with Gasteiger partial charge in [0.25, 0.3) is 0 Å². The van der Waals surface area contributed by atoms with Gasteiger partial charge >= 0.3 is 0 Å². The van der Waals surface area contributed by atoms with Crippen molar-refractivity contribution in [3.8, 4) is 23.0 Å². The van der Waals surface area contributed by atoms with E-state index in [1.54, 1.807) is 0 Å². The predicted octanol–water partition coefficient (Wildman–Crippen LogP) is 2.37. The highest BCUT2D eigenvalue weighted by Gasteiger charge is 2.20. The van der Waals surface area contributed by atoms with Crippen molar-refractivity contribution in [1.82, 2.24) is 0 Å². The molecular formula is C15H12O6. The molecule has 1 aromatic heterocycles. The molecule has 0 fully saturated rings. The Hall–Kier alpha value is -2.89. The van der Waals surface area contributed by atoms with Gasteiger partial charge in [0.2, 0.25) is 11.2 Å². The van der Waals surface area contributed by atoms with Crippen molar-refractivity contribution in [2.45, 2.75) is 0 Å². The molecule has 0 saturated heterocycles.